The fraction of sp³-hybridized carbons (Fsp3) is 0.479. The number of carboxylic acids is 1. The van der Waals surface area contributed by atoms with E-state index >= 15 is 38.4 Å². The summed E-state index contributed by atoms with van der Waals surface area (Å²) >= 11 is 0.719. The van der Waals surface area contributed by atoms with Crippen LogP contribution in [-0.4, -0.2) is 255 Å². The number of carbonyl (C=O) groups is 17. The molecule has 0 unspecified atom stereocenters. The van der Waals surface area contributed by atoms with Gasteiger partial charge in [0.05, 0.1) is 25.3 Å². The molecule has 5 aromatic carbocycles. The van der Waals surface area contributed by atoms with Crippen LogP contribution < -0.4 is 91.6 Å². The predicted molar refractivity (Wildman–Crippen MR) is 499 cm³/mol. The van der Waals surface area contributed by atoms with Gasteiger partial charge in [-0.3, -0.25) is 81.5 Å². The van der Waals surface area contributed by atoms with Crippen molar-refractivity contribution in [2.24, 2.45) is 40.9 Å². The highest BCUT2D eigenvalue weighted by Crippen LogP contribution is 2.26. The molecule has 8 rings (SSSR count). The first-order valence-electron chi connectivity index (χ1n) is 45.0. The zero-order valence-corrected chi connectivity index (χ0v) is 77.3. The summed E-state index contributed by atoms with van der Waals surface area (Å²) in [6.45, 7) is 11.4. The number of hydrogen-bond donors (Lipinski definition) is 21. The number of aromatic nitrogens is 1. The number of aromatic amines is 1. The predicted octanol–water partition coefficient (Wildman–Crippen LogP) is -0.588. The van der Waals surface area contributed by atoms with Gasteiger partial charge in [0.2, 0.25) is 94.5 Å². The molecule has 2 saturated heterocycles. The van der Waals surface area contributed by atoms with Gasteiger partial charge in [0.15, 0.2) is 0 Å². The molecule has 1 aromatic heterocycles. The number of carbonyl (C=O) groups excluding carboxylic acids is 16. The van der Waals surface area contributed by atoms with E-state index in [9.17, 15) is 58.5 Å². The van der Waals surface area contributed by atoms with Gasteiger partial charge < -0.3 is 117 Å². The normalized spacial score (nSPS) is 23.6. The third kappa shape index (κ3) is 32.5. The Hall–Kier alpha value is -13.3. The van der Waals surface area contributed by atoms with Crippen molar-refractivity contribution in [1.82, 2.24) is 84.3 Å². The van der Waals surface area contributed by atoms with Crippen LogP contribution in [0.3, 0.4) is 0 Å². The number of para-hydroxylation sites is 1. The van der Waals surface area contributed by atoms with Crippen molar-refractivity contribution in [2.75, 3.05) is 44.3 Å². The molecule has 2 aliphatic heterocycles. The Balaban J connectivity index is 1.19. The second-order valence-electron chi connectivity index (χ2n) is 35.0. The molecule has 724 valence electrons. The number of carboxylic acid groups (broad SMARTS) is 1. The molecular formula is C94H127N19O20S. The van der Waals surface area contributed by atoms with E-state index in [1.165, 1.54) is 29.2 Å². The van der Waals surface area contributed by atoms with Gasteiger partial charge in [-0.25, -0.2) is 0 Å². The molecule has 6 aromatic rings. The molecule has 134 heavy (non-hydrogen) atoms. The Kier molecular flexibility index (Phi) is 41.3. The van der Waals surface area contributed by atoms with Crippen LogP contribution in [0.2, 0.25) is 0 Å². The van der Waals surface area contributed by atoms with E-state index < -0.39 is 234 Å². The fourth-order valence-corrected chi connectivity index (χ4v) is 16.4. The SMILES string of the molecule is CC(C)C[C@@H]1NC(=O)[C@H](Cc2c[nH]c3ccccc23)NC(=O)[C@H](CC(=O)O)NC(=O)[C@H](Cc2ccc(O)cc2)NC(=O)[C@H](Cc2ccccc2)NC(=O)CSC[C@@H](C(=O)NCC(N)=O)NC(=O)[C@H](CO)NC(=O)[C@H](C(C)C)NC(=O)[C@H](CC(C)C)NC(=O)[C@H](CCN)NC(=O)[C@H]2CCCN2C(=O)[C@H](CCCN)NC(=O)[C@H](C(C)C)NC(=O)[C@H](Cc2ccc(-c3ccccc3)cc2)NC1=O. The maximum absolute atomic E-state index is 15.5. The number of phenols is 1. The number of aliphatic hydroxyl groups is 1. The number of primary amides is 1. The van der Waals surface area contributed by atoms with E-state index in [-0.39, 0.29) is 101 Å². The van der Waals surface area contributed by atoms with Gasteiger partial charge in [-0.15, -0.1) is 11.8 Å². The van der Waals surface area contributed by atoms with Gasteiger partial charge >= 0.3 is 5.97 Å². The highest BCUT2D eigenvalue weighted by Gasteiger charge is 2.43. The van der Waals surface area contributed by atoms with Crippen LogP contribution in [0.1, 0.15) is 129 Å². The summed E-state index contributed by atoms with van der Waals surface area (Å²) in [6, 6.07) is 15.1. The van der Waals surface area contributed by atoms with Crippen LogP contribution in [0, 0.1) is 23.7 Å². The zero-order chi connectivity index (χ0) is 98.0. The summed E-state index contributed by atoms with van der Waals surface area (Å²) in [5, 5.41) is 68.9. The molecule has 3 heterocycles. The largest absolute Gasteiger partial charge is 0.508 e. The number of aliphatic hydroxyl groups excluding tert-OH is 1. The molecule has 14 atom stereocenters. The number of nitrogens with two attached hydrogens (primary N) is 3. The monoisotopic (exact) mass is 1870 g/mol. The van der Waals surface area contributed by atoms with Crippen LogP contribution in [0.25, 0.3) is 22.0 Å². The van der Waals surface area contributed by atoms with Crippen LogP contribution >= 0.6 is 11.8 Å². The van der Waals surface area contributed by atoms with E-state index in [0.717, 1.165) is 22.9 Å². The summed E-state index contributed by atoms with van der Waals surface area (Å²) in [7, 11) is 0. The van der Waals surface area contributed by atoms with E-state index in [1.54, 1.807) is 128 Å². The number of aliphatic carboxylic acids is 1. The smallest absolute Gasteiger partial charge is 0.305 e. The van der Waals surface area contributed by atoms with Crippen molar-refractivity contribution in [3.8, 4) is 16.9 Å². The first-order valence-corrected chi connectivity index (χ1v) is 46.1. The molecular weight excluding hydrogens is 1750 g/mol. The number of benzene rings is 5. The van der Waals surface area contributed by atoms with E-state index in [2.05, 4.69) is 79.4 Å². The maximum atomic E-state index is 15.5. The minimum atomic E-state index is -2.06. The summed E-state index contributed by atoms with van der Waals surface area (Å²) in [4.78, 5) is 252. The van der Waals surface area contributed by atoms with Crippen molar-refractivity contribution < 1.29 is 96.8 Å². The second-order valence-corrected chi connectivity index (χ2v) is 36.1. The number of H-pyrrole nitrogens is 1. The summed E-state index contributed by atoms with van der Waals surface area (Å²) in [5.41, 5.74) is 21.5. The Morgan fingerprint density at radius 2 is 0.903 bits per heavy atom. The lowest BCUT2D eigenvalue weighted by Crippen LogP contribution is -2.62. The Morgan fingerprint density at radius 1 is 0.463 bits per heavy atom. The van der Waals surface area contributed by atoms with Crippen molar-refractivity contribution in [2.45, 2.75) is 217 Å². The lowest BCUT2D eigenvalue weighted by Gasteiger charge is -2.32. The van der Waals surface area contributed by atoms with Gasteiger partial charge in [0, 0.05) is 55.1 Å². The Morgan fingerprint density at radius 3 is 1.43 bits per heavy atom. The van der Waals surface area contributed by atoms with Crippen LogP contribution in [0.15, 0.2) is 140 Å². The number of aromatic hydroxyl groups is 1. The third-order valence-corrected chi connectivity index (χ3v) is 23.7. The standard InChI is InChI=1S/C94H127N19O20S/c1-51(2)39-66-83(122)106-70(42-56-27-31-59(32-28-56)58-21-13-10-14-22-58)89(128)112-79(53(5)6)92(131)102-65(25-17-36-95)94(133)113-38-18-26-75(113)91(130)101-64(35-37-96)82(121)103-67(40-52(3)4)88(127)111-80(54(7)8)93(132)109-73(48-114)90(129)110-74(81(120)99-47-76(97)116)49-134-50-77(117)100-68(41-55-19-11-9-12-20-55)84(123)105-69(43-57-29-33-61(115)34-30-57)85(124)108-72(45-78(118)119)87(126)107-71(86(125)104-66)44-60-46-98-63-24-16-15-23-62(60)63/h9-16,19-24,27-34,46,51-54,64-75,79-80,98,114-115H,17-18,25-26,35-45,47-50,95-96H2,1-8H3,(H2,97,116)(H,99,120)(H,100,117)(H,101,130)(H,102,131)(H,103,121)(H,104,125)(H,105,123)(H,106,122)(H,107,126)(H,108,124)(H,109,132)(H,110,129)(H,111,127)(H,112,128)(H,118,119)/t64-,65-,66-,67-,68-,69-,70-,71-,72-,73-,74-,75+,79-,80-/m0/s1. The maximum Gasteiger partial charge on any atom is 0.305 e. The number of fused-ring (bicyclic) bond motifs is 2. The molecule has 24 N–H and O–H groups in total. The Bertz CT molecular complexity index is 5060. The number of hydrogen-bond acceptors (Lipinski definition) is 22. The topological polar surface area (TPSA) is 616 Å². The van der Waals surface area contributed by atoms with Crippen molar-refractivity contribution in [1.29, 1.82) is 0 Å². The van der Waals surface area contributed by atoms with Crippen molar-refractivity contribution >= 4 is 123 Å². The van der Waals surface area contributed by atoms with Crippen LogP contribution in [-0.2, 0) is 107 Å². The first-order chi connectivity index (χ1) is 63.8. The summed E-state index contributed by atoms with van der Waals surface area (Å²) < 4.78 is 0. The van der Waals surface area contributed by atoms with Gasteiger partial charge in [0.1, 0.15) is 90.3 Å². The molecule has 0 aliphatic carbocycles. The molecule has 2 fully saturated rings. The summed E-state index contributed by atoms with van der Waals surface area (Å²) in [5.74, 6) is -20.6. The molecule has 40 heteroatoms. The second kappa shape index (κ2) is 52.2. The quantitative estimate of drug-likeness (QED) is 0.0323. The van der Waals surface area contributed by atoms with Crippen LogP contribution in [0.4, 0.5) is 0 Å². The fourth-order valence-electron chi connectivity index (χ4n) is 15.5. The minimum absolute atomic E-state index is 0.00830. The van der Waals surface area contributed by atoms with Crippen molar-refractivity contribution in [3.63, 3.8) is 0 Å². The molecule has 2 aliphatic rings. The molecule has 0 radical (unpaired) electrons. The average molecular weight is 1880 g/mol. The molecule has 16 amide bonds. The van der Waals surface area contributed by atoms with Gasteiger partial charge in [-0.1, -0.05) is 171 Å². The number of amides is 16. The lowest BCUT2D eigenvalue weighted by molar-refractivity contribution is -0.143. The summed E-state index contributed by atoms with van der Waals surface area (Å²) in [6.07, 6.45) is -0.650. The number of rotatable bonds is 26. The first kappa shape index (κ1) is 106. The molecule has 0 spiro atoms. The van der Waals surface area contributed by atoms with E-state index in [1.807, 2.05) is 42.5 Å². The number of nitrogens with zero attached hydrogens (tertiary/aromatic N) is 1. The Labute approximate surface area is 781 Å². The third-order valence-electron chi connectivity index (χ3n) is 22.6. The van der Waals surface area contributed by atoms with Gasteiger partial charge in [0.25, 0.3) is 0 Å². The highest BCUT2D eigenvalue weighted by atomic mass is 32.2. The van der Waals surface area contributed by atoms with Gasteiger partial charge in [-0.2, -0.15) is 0 Å². The number of nitrogens with one attached hydrogen (secondary N) is 15. The van der Waals surface area contributed by atoms with Crippen molar-refractivity contribution in [3.05, 3.63) is 162 Å². The van der Waals surface area contributed by atoms with E-state index in [4.69, 9.17) is 17.2 Å². The molecule has 39 nitrogen and oxygen atoms in total. The zero-order valence-electron chi connectivity index (χ0n) is 76.5. The minimum Gasteiger partial charge on any atom is -0.508 e. The molecule has 0 saturated carbocycles. The highest BCUT2D eigenvalue weighted by molar-refractivity contribution is 8.00. The van der Waals surface area contributed by atoms with E-state index in [0.29, 0.717) is 33.2 Å². The number of thioether (sulfide) groups is 1. The van der Waals surface area contributed by atoms with Gasteiger partial charge in [-0.05, 0) is 133 Å². The number of phenolic OH excluding ortho intramolecular Hbond substituents is 1. The van der Waals surface area contributed by atoms with Crippen LogP contribution in [0.5, 0.6) is 5.75 Å². The molecule has 0 bridgehead atoms. The average Bonchev–Trinajstić information content (AvgIpc) is 1.70. The lowest BCUT2D eigenvalue weighted by atomic mass is 9.97.